The number of hydrogen-bond donors (Lipinski definition) is 0. The Morgan fingerprint density at radius 1 is 0.903 bits per heavy atom. The van der Waals surface area contributed by atoms with Gasteiger partial charge in [-0.2, -0.15) is 0 Å². The van der Waals surface area contributed by atoms with Gasteiger partial charge in [-0.1, -0.05) is 65.9 Å². The highest BCUT2D eigenvalue weighted by molar-refractivity contribution is 9.10. The molecule has 0 spiro atoms. The summed E-state index contributed by atoms with van der Waals surface area (Å²) in [6.45, 7) is 1.19. The number of ketones is 1. The third-order valence-corrected chi connectivity index (χ3v) is 6.94. The fraction of sp³-hybridized carbons (Fsp3) is 0.462. The Bertz CT molecular complexity index is 871. The molecule has 3 nitrogen and oxygen atoms in total. The van der Waals surface area contributed by atoms with E-state index in [9.17, 15) is 4.79 Å². The molecule has 166 valence electrons. The summed E-state index contributed by atoms with van der Waals surface area (Å²) in [6.07, 6.45) is 11.0. The van der Waals surface area contributed by atoms with Crippen molar-refractivity contribution in [1.82, 2.24) is 0 Å². The maximum atomic E-state index is 13.2. The fourth-order valence-electron chi connectivity index (χ4n) is 4.64. The van der Waals surface area contributed by atoms with Gasteiger partial charge in [0, 0.05) is 28.7 Å². The van der Waals surface area contributed by atoms with Gasteiger partial charge in [0.05, 0.1) is 6.54 Å². The zero-order valence-electron chi connectivity index (χ0n) is 18.1. The summed E-state index contributed by atoms with van der Waals surface area (Å²) in [5, 5.41) is 0. The molecule has 2 aliphatic rings. The quantitative estimate of drug-likeness (QED) is 0.358. The van der Waals surface area contributed by atoms with Gasteiger partial charge >= 0.3 is 0 Å². The second kappa shape index (κ2) is 12.0. The molecule has 0 amide bonds. The van der Waals surface area contributed by atoms with Crippen LogP contribution in [0.4, 0.5) is 5.69 Å². The number of carbonyl (C=O) groups excluding carboxylic acids is 1. The standard InChI is InChI=1S/C26H31BrN2O.BrH/c27-23-14-16-24(17-15-23)29(26-9-5-2-6-18-28-26)19-25(30)22-12-10-21(11-13-22)20-7-3-1-4-8-20;/h10-17,20H,1-9,18-19H2;1H. The molecule has 2 aromatic carbocycles. The van der Waals surface area contributed by atoms with Crippen LogP contribution in [-0.2, 0) is 0 Å². The molecular weight excluding hydrogens is 516 g/mol. The van der Waals surface area contributed by atoms with Gasteiger partial charge in [-0.05, 0) is 61.4 Å². The minimum Gasteiger partial charge on any atom is -0.322 e. The summed E-state index contributed by atoms with van der Waals surface area (Å²) in [5.74, 6) is 1.87. The van der Waals surface area contributed by atoms with Crippen molar-refractivity contribution >= 4 is 50.2 Å². The van der Waals surface area contributed by atoms with Gasteiger partial charge < -0.3 is 4.90 Å². The Hall–Kier alpha value is -1.46. The Kier molecular flexibility index (Phi) is 9.33. The van der Waals surface area contributed by atoms with Crippen LogP contribution >= 0.6 is 32.9 Å². The molecule has 2 aromatic rings. The smallest absolute Gasteiger partial charge is 0.182 e. The average Bonchev–Trinajstić information content (AvgIpc) is 3.08. The zero-order chi connectivity index (χ0) is 20.8. The zero-order valence-corrected chi connectivity index (χ0v) is 21.4. The first-order valence-corrected chi connectivity index (χ1v) is 12.2. The molecule has 0 bridgehead atoms. The summed E-state index contributed by atoms with van der Waals surface area (Å²) in [5.41, 5.74) is 3.22. The van der Waals surface area contributed by atoms with Gasteiger partial charge in [0.15, 0.2) is 5.78 Å². The van der Waals surface area contributed by atoms with Crippen LogP contribution in [0.25, 0.3) is 0 Å². The highest BCUT2D eigenvalue weighted by atomic mass is 79.9. The SMILES string of the molecule is Br.O=C(CN(C1=NCCCCC1)c1ccc(Br)cc1)c1ccc(C2CCCCC2)cc1. The van der Waals surface area contributed by atoms with Crippen LogP contribution in [0, 0.1) is 0 Å². The van der Waals surface area contributed by atoms with Gasteiger partial charge in [-0.25, -0.2) is 0 Å². The summed E-state index contributed by atoms with van der Waals surface area (Å²) < 4.78 is 1.04. The number of Topliss-reactive ketones (excluding diaryl/α,β-unsaturated/α-hetero) is 1. The predicted octanol–water partition coefficient (Wildman–Crippen LogP) is 7.74. The van der Waals surface area contributed by atoms with E-state index in [4.69, 9.17) is 4.99 Å². The van der Waals surface area contributed by atoms with Crippen molar-refractivity contribution in [3.8, 4) is 0 Å². The molecule has 1 aliphatic carbocycles. The van der Waals surface area contributed by atoms with E-state index in [1.54, 1.807) is 0 Å². The number of amidine groups is 1. The second-order valence-electron chi connectivity index (χ2n) is 8.55. The van der Waals surface area contributed by atoms with Crippen LogP contribution < -0.4 is 4.90 Å². The number of carbonyl (C=O) groups is 1. The summed E-state index contributed by atoms with van der Waals surface area (Å²) >= 11 is 3.51. The Morgan fingerprint density at radius 3 is 2.29 bits per heavy atom. The monoisotopic (exact) mass is 546 g/mol. The summed E-state index contributed by atoms with van der Waals surface area (Å²) in [4.78, 5) is 20.1. The number of rotatable bonds is 5. The molecule has 0 unspecified atom stereocenters. The molecule has 1 saturated carbocycles. The number of aliphatic imine (C=N–C) groups is 1. The Balaban J connectivity index is 0.00000272. The van der Waals surface area contributed by atoms with Crippen LogP contribution in [0.1, 0.15) is 79.6 Å². The molecule has 1 fully saturated rings. The average molecular weight is 548 g/mol. The van der Waals surface area contributed by atoms with Crippen molar-refractivity contribution in [3.63, 3.8) is 0 Å². The Morgan fingerprint density at radius 2 is 1.58 bits per heavy atom. The minimum absolute atomic E-state index is 0. The fourth-order valence-corrected chi connectivity index (χ4v) is 4.91. The first-order valence-electron chi connectivity index (χ1n) is 11.4. The molecule has 5 heteroatoms. The number of nitrogens with zero attached hydrogens (tertiary/aromatic N) is 2. The third kappa shape index (κ3) is 6.52. The van der Waals surface area contributed by atoms with Crippen molar-refractivity contribution in [2.24, 2.45) is 4.99 Å². The van der Waals surface area contributed by atoms with Crippen molar-refractivity contribution in [2.45, 2.75) is 63.7 Å². The van der Waals surface area contributed by atoms with E-state index < -0.39 is 0 Å². The second-order valence-corrected chi connectivity index (χ2v) is 9.47. The van der Waals surface area contributed by atoms with Crippen molar-refractivity contribution in [3.05, 3.63) is 64.1 Å². The van der Waals surface area contributed by atoms with Crippen LogP contribution in [0.2, 0.25) is 0 Å². The maximum Gasteiger partial charge on any atom is 0.182 e. The van der Waals surface area contributed by atoms with Crippen molar-refractivity contribution in [1.29, 1.82) is 0 Å². The van der Waals surface area contributed by atoms with Crippen LogP contribution in [0.15, 0.2) is 58.0 Å². The molecule has 0 aromatic heterocycles. The van der Waals surface area contributed by atoms with E-state index >= 15 is 0 Å². The highest BCUT2D eigenvalue weighted by Gasteiger charge is 2.20. The largest absolute Gasteiger partial charge is 0.322 e. The van der Waals surface area contributed by atoms with Gasteiger partial charge in [-0.3, -0.25) is 9.79 Å². The van der Waals surface area contributed by atoms with Crippen LogP contribution in [0.3, 0.4) is 0 Å². The lowest BCUT2D eigenvalue weighted by atomic mass is 9.84. The molecule has 1 heterocycles. The lowest BCUT2D eigenvalue weighted by Gasteiger charge is -2.26. The number of benzene rings is 2. The summed E-state index contributed by atoms with van der Waals surface area (Å²) in [6, 6.07) is 16.6. The molecule has 0 saturated heterocycles. The molecule has 0 N–H and O–H groups in total. The normalized spacial score (nSPS) is 17.3. The molecule has 31 heavy (non-hydrogen) atoms. The molecular formula is C26H32Br2N2O. The van der Waals surface area contributed by atoms with E-state index in [1.165, 1.54) is 44.1 Å². The van der Waals surface area contributed by atoms with Crippen LogP contribution in [0.5, 0.6) is 0 Å². The highest BCUT2D eigenvalue weighted by Crippen LogP contribution is 2.32. The van der Waals surface area contributed by atoms with E-state index in [0.717, 1.165) is 47.4 Å². The minimum atomic E-state index is 0. The lowest BCUT2D eigenvalue weighted by Crippen LogP contribution is -2.36. The molecule has 0 radical (unpaired) electrons. The van der Waals surface area contributed by atoms with Crippen LogP contribution in [-0.4, -0.2) is 24.7 Å². The number of hydrogen-bond acceptors (Lipinski definition) is 3. The van der Waals surface area contributed by atoms with E-state index in [1.807, 2.05) is 24.3 Å². The van der Waals surface area contributed by atoms with Crippen molar-refractivity contribution < 1.29 is 4.79 Å². The van der Waals surface area contributed by atoms with E-state index in [0.29, 0.717) is 12.5 Å². The summed E-state index contributed by atoms with van der Waals surface area (Å²) in [7, 11) is 0. The maximum absolute atomic E-state index is 13.2. The molecule has 1 aliphatic heterocycles. The first-order chi connectivity index (χ1) is 14.7. The van der Waals surface area contributed by atoms with Gasteiger partial charge in [-0.15, -0.1) is 17.0 Å². The molecule has 4 rings (SSSR count). The predicted molar refractivity (Wildman–Crippen MR) is 139 cm³/mol. The Labute approximate surface area is 205 Å². The molecule has 0 atom stereocenters. The van der Waals surface area contributed by atoms with Gasteiger partial charge in [0.2, 0.25) is 0 Å². The number of halogens is 2. The topological polar surface area (TPSA) is 32.7 Å². The van der Waals surface area contributed by atoms with Crippen molar-refractivity contribution in [2.75, 3.05) is 18.0 Å². The number of anilines is 1. The van der Waals surface area contributed by atoms with Gasteiger partial charge in [0.1, 0.15) is 5.84 Å². The lowest BCUT2D eigenvalue weighted by molar-refractivity contribution is 0.100. The van der Waals surface area contributed by atoms with E-state index in [-0.39, 0.29) is 22.8 Å². The van der Waals surface area contributed by atoms with Gasteiger partial charge in [0.25, 0.3) is 0 Å². The first kappa shape index (κ1) is 24.2. The van der Waals surface area contributed by atoms with E-state index in [2.05, 4.69) is 45.1 Å². The third-order valence-electron chi connectivity index (χ3n) is 6.41.